The fourth-order valence-electron chi connectivity index (χ4n) is 3.29. The Morgan fingerprint density at radius 1 is 1.11 bits per heavy atom. The number of ether oxygens (including phenoxy) is 1. The molecular weight excluding hydrogens is 367 g/mol. The summed E-state index contributed by atoms with van der Waals surface area (Å²) in [6, 6.07) is 13.2. The summed E-state index contributed by atoms with van der Waals surface area (Å²) >= 11 is 0. The predicted octanol–water partition coefficient (Wildman–Crippen LogP) is 1.49. The van der Waals surface area contributed by atoms with Crippen LogP contribution in [0.1, 0.15) is 12.0 Å². The average molecular weight is 394 g/mol. The number of piperazine rings is 1. The van der Waals surface area contributed by atoms with Crippen LogP contribution in [0.25, 0.3) is 0 Å². The summed E-state index contributed by atoms with van der Waals surface area (Å²) in [4.78, 5) is 1.39. The number of halogens is 1. The average Bonchev–Trinajstić information content (AvgIpc) is 2.66. The standard InChI is InChI=1S/C20H25FN2O3S/c1-17-5-2-7-19(15-17)26-14-4-9-22-10-12-23(13-11-22)27(24,25)20-8-3-6-18(21)16-20/h2-3,5-8,15-16H,4,9-14H2,1H3/p+1. The van der Waals surface area contributed by atoms with Crippen LogP contribution in [-0.4, -0.2) is 52.1 Å². The van der Waals surface area contributed by atoms with Crippen LogP contribution in [-0.2, 0) is 10.0 Å². The molecule has 0 spiro atoms. The van der Waals surface area contributed by atoms with E-state index in [9.17, 15) is 12.8 Å². The zero-order valence-electron chi connectivity index (χ0n) is 15.5. The van der Waals surface area contributed by atoms with Gasteiger partial charge in [-0.25, -0.2) is 12.8 Å². The first kappa shape index (κ1) is 19.8. The molecule has 1 saturated heterocycles. The number of hydrogen-bond donors (Lipinski definition) is 1. The SMILES string of the molecule is Cc1cccc(OCCC[NH+]2CCN(S(=O)(=O)c3cccc(F)c3)CC2)c1. The highest BCUT2D eigenvalue weighted by Gasteiger charge is 2.30. The Hall–Kier alpha value is -1.96. The molecule has 1 aliphatic heterocycles. The fraction of sp³-hybridized carbons (Fsp3) is 0.400. The van der Waals surface area contributed by atoms with Gasteiger partial charge in [-0.05, 0) is 42.8 Å². The summed E-state index contributed by atoms with van der Waals surface area (Å²) < 4.78 is 45.8. The van der Waals surface area contributed by atoms with Crippen LogP contribution < -0.4 is 9.64 Å². The van der Waals surface area contributed by atoms with Crippen LogP contribution >= 0.6 is 0 Å². The Morgan fingerprint density at radius 2 is 1.85 bits per heavy atom. The Morgan fingerprint density at radius 3 is 2.56 bits per heavy atom. The summed E-state index contributed by atoms with van der Waals surface area (Å²) in [5, 5.41) is 0. The van der Waals surface area contributed by atoms with Crippen molar-refractivity contribution in [3.8, 4) is 5.75 Å². The summed E-state index contributed by atoms with van der Waals surface area (Å²) in [6.45, 7) is 6.03. The first-order valence-electron chi connectivity index (χ1n) is 9.24. The quantitative estimate of drug-likeness (QED) is 0.726. The van der Waals surface area contributed by atoms with E-state index in [2.05, 4.69) is 0 Å². The molecule has 0 aromatic heterocycles. The van der Waals surface area contributed by atoms with Crippen LogP contribution in [0.15, 0.2) is 53.4 Å². The molecule has 146 valence electrons. The van der Waals surface area contributed by atoms with Gasteiger partial charge in [0.2, 0.25) is 10.0 Å². The Kier molecular flexibility index (Phi) is 6.46. The van der Waals surface area contributed by atoms with E-state index < -0.39 is 15.8 Å². The van der Waals surface area contributed by atoms with Crippen LogP contribution in [0.2, 0.25) is 0 Å². The third-order valence-corrected chi connectivity index (χ3v) is 6.69. The lowest BCUT2D eigenvalue weighted by Crippen LogP contribution is -3.14. The van der Waals surface area contributed by atoms with Crippen molar-refractivity contribution >= 4 is 10.0 Å². The smallest absolute Gasteiger partial charge is 0.243 e. The minimum absolute atomic E-state index is 0.0255. The van der Waals surface area contributed by atoms with E-state index in [1.54, 1.807) is 0 Å². The van der Waals surface area contributed by atoms with Crippen LogP contribution in [0.3, 0.4) is 0 Å². The second-order valence-electron chi connectivity index (χ2n) is 6.88. The molecular formula is C20H26FN2O3S+. The molecule has 7 heteroatoms. The van der Waals surface area contributed by atoms with E-state index in [0.717, 1.165) is 37.9 Å². The van der Waals surface area contributed by atoms with Gasteiger partial charge in [-0.15, -0.1) is 0 Å². The van der Waals surface area contributed by atoms with Crippen molar-refractivity contribution < 1.29 is 22.4 Å². The maximum atomic E-state index is 13.3. The highest BCUT2D eigenvalue weighted by Crippen LogP contribution is 2.16. The highest BCUT2D eigenvalue weighted by atomic mass is 32.2. The normalized spacial score (nSPS) is 16.4. The monoisotopic (exact) mass is 393 g/mol. The van der Waals surface area contributed by atoms with Gasteiger partial charge < -0.3 is 9.64 Å². The first-order chi connectivity index (χ1) is 12.9. The van der Waals surface area contributed by atoms with Gasteiger partial charge in [0.15, 0.2) is 0 Å². The Balaban J connectivity index is 1.43. The van der Waals surface area contributed by atoms with Gasteiger partial charge in [-0.2, -0.15) is 4.31 Å². The molecule has 0 aliphatic carbocycles. The van der Waals surface area contributed by atoms with Gasteiger partial charge in [0.25, 0.3) is 0 Å². The molecule has 5 nitrogen and oxygen atoms in total. The minimum atomic E-state index is -3.62. The number of benzene rings is 2. The molecule has 0 amide bonds. The second kappa shape index (κ2) is 8.82. The van der Waals surface area contributed by atoms with Gasteiger partial charge in [0, 0.05) is 6.42 Å². The second-order valence-corrected chi connectivity index (χ2v) is 8.82. The third-order valence-electron chi connectivity index (χ3n) is 4.80. The predicted molar refractivity (Wildman–Crippen MR) is 102 cm³/mol. The number of nitrogens with one attached hydrogen (secondary N) is 1. The molecule has 0 atom stereocenters. The number of hydrogen-bond acceptors (Lipinski definition) is 3. The molecule has 0 radical (unpaired) electrons. The zero-order chi connectivity index (χ0) is 19.3. The number of sulfonamides is 1. The van der Waals surface area contributed by atoms with Crippen molar-refractivity contribution in [3.63, 3.8) is 0 Å². The molecule has 1 aliphatic rings. The lowest BCUT2D eigenvalue weighted by molar-refractivity contribution is -0.903. The molecule has 1 fully saturated rings. The third kappa shape index (κ3) is 5.28. The number of rotatable bonds is 7. The van der Waals surface area contributed by atoms with Crippen LogP contribution in [0.4, 0.5) is 4.39 Å². The topological polar surface area (TPSA) is 51.1 Å². The van der Waals surface area contributed by atoms with Gasteiger partial charge in [-0.3, -0.25) is 0 Å². The zero-order valence-corrected chi connectivity index (χ0v) is 16.3. The minimum Gasteiger partial charge on any atom is -0.493 e. The Bertz CT molecular complexity index is 865. The molecule has 1 heterocycles. The molecule has 1 N–H and O–H groups in total. The molecule has 2 aromatic rings. The van der Waals surface area contributed by atoms with Crippen molar-refractivity contribution in [2.24, 2.45) is 0 Å². The van der Waals surface area contributed by atoms with Crippen molar-refractivity contribution in [1.82, 2.24) is 4.31 Å². The molecule has 0 unspecified atom stereocenters. The van der Waals surface area contributed by atoms with E-state index in [0.29, 0.717) is 19.7 Å². The van der Waals surface area contributed by atoms with Crippen molar-refractivity contribution in [2.75, 3.05) is 39.3 Å². The molecule has 0 bridgehead atoms. The van der Waals surface area contributed by atoms with Gasteiger partial charge >= 0.3 is 0 Å². The summed E-state index contributed by atoms with van der Waals surface area (Å²) in [6.07, 6.45) is 0.917. The van der Waals surface area contributed by atoms with Crippen molar-refractivity contribution in [2.45, 2.75) is 18.2 Å². The van der Waals surface area contributed by atoms with E-state index in [1.807, 2.05) is 31.2 Å². The lowest BCUT2D eigenvalue weighted by Gasteiger charge is -2.31. The summed E-state index contributed by atoms with van der Waals surface area (Å²) in [5.41, 5.74) is 1.17. The van der Waals surface area contributed by atoms with Gasteiger partial charge in [-0.1, -0.05) is 18.2 Å². The molecule has 2 aromatic carbocycles. The lowest BCUT2D eigenvalue weighted by atomic mass is 10.2. The van der Waals surface area contributed by atoms with Gasteiger partial charge in [0.05, 0.1) is 44.2 Å². The summed E-state index contributed by atoms with van der Waals surface area (Å²) in [7, 11) is -3.62. The van der Waals surface area contributed by atoms with E-state index in [-0.39, 0.29) is 4.90 Å². The van der Waals surface area contributed by atoms with E-state index in [4.69, 9.17) is 4.74 Å². The summed E-state index contributed by atoms with van der Waals surface area (Å²) in [5.74, 6) is 0.352. The maximum Gasteiger partial charge on any atom is 0.243 e. The first-order valence-corrected chi connectivity index (χ1v) is 10.7. The van der Waals surface area contributed by atoms with Crippen molar-refractivity contribution in [3.05, 3.63) is 59.9 Å². The van der Waals surface area contributed by atoms with Crippen molar-refractivity contribution in [1.29, 1.82) is 0 Å². The van der Waals surface area contributed by atoms with E-state index >= 15 is 0 Å². The fourth-order valence-corrected chi connectivity index (χ4v) is 4.76. The van der Waals surface area contributed by atoms with Crippen LogP contribution in [0, 0.1) is 12.7 Å². The molecule has 3 rings (SSSR count). The molecule has 27 heavy (non-hydrogen) atoms. The number of aryl methyl sites for hydroxylation is 1. The molecule has 0 saturated carbocycles. The van der Waals surface area contributed by atoms with Gasteiger partial charge in [0.1, 0.15) is 11.6 Å². The highest BCUT2D eigenvalue weighted by molar-refractivity contribution is 7.89. The maximum absolute atomic E-state index is 13.3. The number of nitrogens with zero attached hydrogens (tertiary/aromatic N) is 1. The largest absolute Gasteiger partial charge is 0.493 e. The number of quaternary nitrogens is 1. The Labute approximate surface area is 160 Å². The van der Waals surface area contributed by atoms with E-state index in [1.165, 1.54) is 33.0 Å². The van der Waals surface area contributed by atoms with Crippen LogP contribution in [0.5, 0.6) is 5.75 Å².